The van der Waals surface area contributed by atoms with Gasteiger partial charge in [0, 0.05) is 0 Å². The molecule has 140 valence electrons. The van der Waals surface area contributed by atoms with Crippen molar-refractivity contribution in [3.05, 3.63) is 72.7 Å². The Morgan fingerprint density at radius 2 is 1.78 bits per heavy atom. The van der Waals surface area contributed by atoms with Gasteiger partial charge in [0.1, 0.15) is 0 Å². The number of benzene rings is 2. The predicted molar refractivity (Wildman–Crippen MR) is 111 cm³/mol. The van der Waals surface area contributed by atoms with Gasteiger partial charge in [0.25, 0.3) is 0 Å². The average Bonchev–Trinajstić information content (AvgIpc) is 2.66. The lowest BCUT2D eigenvalue weighted by atomic mass is 10.1. The van der Waals surface area contributed by atoms with E-state index in [0.717, 1.165) is 5.56 Å². The fourth-order valence-corrected chi connectivity index (χ4v) is 3.34. The van der Waals surface area contributed by atoms with Gasteiger partial charge in [-0.15, -0.1) is 0 Å². The molecule has 0 spiro atoms. The van der Waals surface area contributed by atoms with Gasteiger partial charge in [0.15, 0.2) is 0 Å². The van der Waals surface area contributed by atoms with E-state index >= 15 is 0 Å². The Hall–Kier alpha value is -2.09. The Bertz CT molecular complexity index is 1110. The zero-order chi connectivity index (χ0) is 19.6. The molecule has 1 unspecified atom stereocenters. The summed E-state index contributed by atoms with van der Waals surface area (Å²) in [6, 6.07) is 11.2. The molecule has 9 heteroatoms. The number of fused-ring (bicyclic) bond motifs is 1. The highest BCUT2D eigenvalue weighted by Crippen LogP contribution is 2.35. The molecule has 2 aromatic carbocycles. The van der Waals surface area contributed by atoms with Crippen molar-refractivity contribution in [2.75, 3.05) is 5.32 Å². The number of carbonyl (C=O) groups excluding carboxylic acids is 1. The normalized spacial score (nSPS) is 12.1. The Morgan fingerprint density at radius 3 is 2.48 bits per heavy atom. The van der Waals surface area contributed by atoms with Crippen LogP contribution in [0.1, 0.15) is 12.0 Å². The third kappa shape index (κ3) is 4.43. The maximum absolute atomic E-state index is 12.6. The molecule has 1 atom stereocenters. The van der Waals surface area contributed by atoms with Crippen molar-refractivity contribution in [3.63, 3.8) is 0 Å². The van der Waals surface area contributed by atoms with Crippen molar-refractivity contribution in [1.82, 2.24) is 9.97 Å². The van der Waals surface area contributed by atoms with E-state index in [1.807, 2.05) is 30.3 Å². The van der Waals surface area contributed by atoms with E-state index in [1.165, 1.54) is 6.07 Å². The molecule has 1 aromatic heterocycles. The summed E-state index contributed by atoms with van der Waals surface area (Å²) in [5.74, 6) is -0.344. The molecule has 1 heterocycles. The third-order valence-electron chi connectivity index (χ3n) is 3.97. The molecule has 0 aliphatic rings. The second-order valence-electron chi connectivity index (χ2n) is 5.86. The first-order valence-electron chi connectivity index (χ1n) is 8.00. The quantitative estimate of drug-likeness (QED) is 0.390. The van der Waals surface area contributed by atoms with Crippen LogP contribution in [-0.2, 0) is 11.2 Å². The number of aryl methyl sites for hydroxylation is 1. The Balaban J connectivity index is 1.85. The van der Waals surface area contributed by atoms with Crippen LogP contribution in [0, 0.1) is 0 Å². The van der Waals surface area contributed by atoms with Gasteiger partial charge < -0.3 is 15.3 Å². The van der Waals surface area contributed by atoms with E-state index in [0.29, 0.717) is 12.8 Å². The van der Waals surface area contributed by atoms with Crippen LogP contribution >= 0.6 is 39.1 Å². The van der Waals surface area contributed by atoms with Crippen LogP contribution in [0.15, 0.2) is 46.0 Å². The number of aromatic amines is 2. The van der Waals surface area contributed by atoms with Crippen molar-refractivity contribution >= 4 is 61.8 Å². The minimum absolute atomic E-state index is 0.0722. The number of anilines is 1. The number of hydrogen-bond acceptors (Lipinski definition) is 3. The lowest BCUT2D eigenvalue weighted by Gasteiger charge is -2.14. The maximum Gasteiger partial charge on any atom is 0.314 e. The van der Waals surface area contributed by atoms with E-state index in [2.05, 4.69) is 31.2 Å². The van der Waals surface area contributed by atoms with Gasteiger partial charge in [-0.3, -0.25) is 14.4 Å². The van der Waals surface area contributed by atoms with Gasteiger partial charge >= 0.3 is 11.1 Å². The molecule has 0 fully saturated rings. The fourth-order valence-electron chi connectivity index (χ4n) is 2.59. The largest absolute Gasteiger partial charge is 0.322 e. The molecule has 0 saturated carbocycles. The fraction of sp³-hybridized carbons (Fsp3) is 0.167. The van der Waals surface area contributed by atoms with Crippen LogP contribution < -0.4 is 16.4 Å². The number of carbonyl (C=O) groups is 1. The average molecular weight is 471 g/mol. The molecule has 3 aromatic rings. The topological polar surface area (TPSA) is 94.8 Å². The van der Waals surface area contributed by atoms with Crippen molar-refractivity contribution in [2.24, 2.45) is 0 Å². The summed E-state index contributed by atoms with van der Waals surface area (Å²) in [6.45, 7) is 0. The summed E-state index contributed by atoms with van der Waals surface area (Å²) in [6.07, 6.45) is 1.26. The number of H-pyrrole nitrogens is 2. The summed E-state index contributed by atoms with van der Waals surface area (Å²) in [4.78, 5) is 40.1. The smallest absolute Gasteiger partial charge is 0.314 e. The van der Waals surface area contributed by atoms with Gasteiger partial charge in [-0.05, 0) is 24.5 Å². The molecule has 6 nitrogen and oxygen atoms in total. The molecule has 27 heavy (non-hydrogen) atoms. The maximum atomic E-state index is 12.6. The number of alkyl halides is 1. The summed E-state index contributed by atoms with van der Waals surface area (Å²) >= 11 is 15.7. The first kappa shape index (κ1) is 19.7. The lowest BCUT2D eigenvalue weighted by Crippen LogP contribution is -2.30. The van der Waals surface area contributed by atoms with Crippen LogP contribution in [0.3, 0.4) is 0 Å². The van der Waals surface area contributed by atoms with Gasteiger partial charge in [-0.1, -0.05) is 69.5 Å². The van der Waals surface area contributed by atoms with Crippen LogP contribution in [0.5, 0.6) is 0 Å². The van der Waals surface area contributed by atoms with Crippen molar-refractivity contribution in [3.8, 4) is 0 Å². The van der Waals surface area contributed by atoms with Crippen LogP contribution in [-0.4, -0.2) is 20.7 Å². The molecular formula is C18H14BrCl2N3O3. The molecule has 1 amide bonds. The second kappa shape index (κ2) is 8.29. The number of hydrogen-bond donors (Lipinski definition) is 3. The van der Waals surface area contributed by atoms with E-state index < -0.39 is 15.9 Å². The summed E-state index contributed by atoms with van der Waals surface area (Å²) < 4.78 is 0. The monoisotopic (exact) mass is 469 g/mol. The molecule has 0 aliphatic carbocycles. The van der Waals surface area contributed by atoms with Gasteiger partial charge in [0.2, 0.25) is 5.91 Å². The Kier molecular flexibility index (Phi) is 6.04. The minimum Gasteiger partial charge on any atom is -0.322 e. The number of nitrogens with one attached hydrogen (secondary N) is 3. The van der Waals surface area contributed by atoms with E-state index in [4.69, 9.17) is 23.2 Å². The van der Waals surface area contributed by atoms with Crippen molar-refractivity contribution < 1.29 is 4.79 Å². The van der Waals surface area contributed by atoms with Gasteiger partial charge in [-0.25, -0.2) is 0 Å². The number of amides is 1. The standard InChI is InChI=1S/C18H14BrCl2N3O3/c19-10(7-6-9-4-2-1-3-5-9)16(25)24-15-13(21)11(20)8-12-14(15)23-18(27)17(26)22-12/h1-5,8,10H,6-7H2,(H,22,26)(H,23,27)(H,24,25). The first-order chi connectivity index (χ1) is 12.9. The van der Waals surface area contributed by atoms with Gasteiger partial charge in [-0.2, -0.15) is 0 Å². The third-order valence-corrected chi connectivity index (χ3v) is 5.64. The first-order valence-corrected chi connectivity index (χ1v) is 9.67. The van der Waals surface area contributed by atoms with Crippen LogP contribution in [0.4, 0.5) is 5.69 Å². The molecule has 0 bridgehead atoms. The minimum atomic E-state index is -0.851. The SMILES string of the molecule is O=C(Nc1c(Cl)c(Cl)cc2[nH]c(=O)c(=O)[nH]c12)C(Br)CCc1ccccc1. The van der Waals surface area contributed by atoms with Crippen molar-refractivity contribution in [2.45, 2.75) is 17.7 Å². The van der Waals surface area contributed by atoms with Crippen LogP contribution in [0.25, 0.3) is 11.0 Å². The molecule has 0 aliphatic heterocycles. The molecule has 3 N–H and O–H groups in total. The summed E-state index contributed by atoms with van der Waals surface area (Å²) in [7, 11) is 0. The summed E-state index contributed by atoms with van der Waals surface area (Å²) in [5.41, 5.74) is 0.0460. The molecule has 3 rings (SSSR count). The number of aromatic nitrogens is 2. The van der Waals surface area contributed by atoms with E-state index in [-0.39, 0.29) is 32.7 Å². The zero-order valence-electron chi connectivity index (χ0n) is 13.8. The second-order valence-corrected chi connectivity index (χ2v) is 7.75. The van der Waals surface area contributed by atoms with Crippen molar-refractivity contribution in [1.29, 1.82) is 0 Å². The molecular weight excluding hydrogens is 457 g/mol. The van der Waals surface area contributed by atoms with E-state index in [9.17, 15) is 14.4 Å². The van der Waals surface area contributed by atoms with E-state index in [1.54, 1.807) is 0 Å². The Labute approximate surface area is 172 Å². The zero-order valence-corrected chi connectivity index (χ0v) is 16.9. The van der Waals surface area contributed by atoms with Crippen LogP contribution in [0.2, 0.25) is 10.0 Å². The highest BCUT2D eigenvalue weighted by atomic mass is 79.9. The molecule has 0 saturated heterocycles. The van der Waals surface area contributed by atoms with Gasteiger partial charge in [0.05, 0.1) is 31.6 Å². The summed E-state index contributed by atoms with van der Waals surface area (Å²) in [5, 5.41) is 2.89. The highest BCUT2D eigenvalue weighted by Gasteiger charge is 2.20. The Morgan fingerprint density at radius 1 is 1.11 bits per heavy atom. The molecule has 0 radical (unpaired) electrons. The number of rotatable bonds is 5. The predicted octanol–water partition coefficient (Wildman–Crippen LogP) is 3.86. The number of halogens is 3. The lowest BCUT2D eigenvalue weighted by molar-refractivity contribution is -0.115. The highest BCUT2D eigenvalue weighted by molar-refractivity contribution is 9.10.